The molecule has 0 fully saturated rings. The largest absolute Gasteiger partial charge is 0.355 e. The molecule has 0 radical (unpaired) electrons. The van der Waals surface area contributed by atoms with Crippen molar-refractivity contribution in [2.75, 3.05) is 20.1 Å². The first-order valence-electron chi connectivity index (χ1n) is 9.45. The summed E-state index contributed by atoms with van der Waals surface area (Å²) in [5, 5.41) is 7.19. The van der Waals surface area contributed by atoms with Gasteiger partial charge in [0.25, 0.3) is 0 Å². The van der Waals surface area contributed by atoms with Gasteiger partial charge in [0.1, 0.15) is 11.6 Å². The average Bonchev–Trinajstić information content (AvgIpc) is 3.19. The normalized spacial score (nSPS) is 12.2. The third-order valence-electron chi connectivity index (χ3n) is 4.85. The first-order valence-corrected chi connectivity index (χ1v) is 9.45. The van der Waals surface area contributed by atoms with Crippen molar-refractivity contribution in [1.82, 2.24) is 20.0 Å². The Morgan fingerprint density at radius 2 is 1.97 bits per heavy atom. The second-order valence-electron chi connectivity index (χ2n) is 6.99. The minimum atomic E-state index is -0.498. The van der Waals surface area contributed by atoms with E-state index in [9.17, 15) is 13.6 Å². The van der Waals surface area contributed by atoms with Gasteiger partial charge in [-0.15, -0.1) is 0 Å². The maximum Gasteiger partial charge on any atom is 0.234 e. The Morgan fingerprint density at radius 3 is 2.72 bits per heavy atom. The van der Waals surface area contributed by atoms with Crippen molar-refractivity contribution in [3.8, 4) is 5.69 Å². The minimum absolute atomic E-state index is 0.0837. The predicted octanol–water partition coefficient (Wildman–Crippen LogP) is 3.50. The number of benzene rings is 2. The van der Waals surface area contributed by atoms with Crippen LogP contribution in [-0.4, -0.2) is 40.7 Å². The molecule has 29 heavy (non-hydrogen) atoms. The van der Waals surface area contributed by atoms with E-state index >= 15 is 0 Å². The molecule has 1 heterocycles. The first-order chi connectivity index (χ1) is 13.9. The van der Waals surface area contributed by atoms with Crippen LogP contribution in [0, 0.1) is 11.6 Å². The summed E-state index contributed by atoms with van der Waals surface area (Å²) in [4.78, 5) is 13.9. The number of hydrogen-bond donors (Lipinski definition) is 1. The Kier molecular flexibility index (Phi) is 6.72. The van der Waals surface area contributed by atoms with Crippen LogP contribution in [0.2, 0.25) is 0 Å². The highest BCUT2D eigenvalue weighted by molar-refractivity contribution is 5.78. The van der Waals surface area contributed by atoms with E-state index < -0.39 is 17.7 Å². The monoisotopic (exact) mass is 398 g/mol. The number of nitrogens with zero attached hydrogens (tertiary/aromatic N) is 3. The SMILES string of the molecule is CC(c1cc(F)ccc1F)N(C)CC(=O)NCCc1cnn(-c2ccccc2)c1. The molecule has 0 aliphatic carbocycles. The zero-order valence-corrected chi connectivity index (χ0v) is 16.5. The van der Waals surface area contributed by atoms with Gasteiger partial charge in [0, 0.05) is 24.3 Å². The van der Waals surface area contributed by atoms with Crippen LogP contribution in [0.5, 0.6) is 0 Å². The standard InChI is InChI=1S/C22H24F2N4O/c1-16(20-12-18(23)8-9-21(20)24)27(2)15-22(29)25-11-10-17-13-26-28(14-17)19-6-4-3-5-7-19/h3-9,12-14,16H,10-11,15H2,1-2H3,(H,25,29). The van der Waals surface area contributed by atoms with Gasteiger partial charge in [-0.2, -0.15) is 5.10 Å². The fraction of sp³-hybridized carbons (Fsp3) is 0.273. The number of nitrogens with one attached hydrogen (secondary N) is 1. The van der Waals surface area contributed by atoms with Crippen molar-refractivity contribution in [2.45, 2.75) is 19.4 Å². The van der Waals surface area contributed by atoms with Crippen LogP contribution in [0.3, 0.4) is 0 Å². The second-order valence-corrected chi connectivity index (χ2v) is 6.99. The van der Waals surface area contributed by atoms with Crippen LogP contribution in [0.1, 0.15) is 24.1 Å². The molecule has 1 atom stereocenters. The summed E-state index contributed by atoms with van der Waals surface area (Å²) in [5.41, 5.74) is 2.22. The van der Waals surface area contributed by atoms with E-state index in [2.05, 4.69) is 10.4 Å². The lowest BCUT2D eigenvalue weighted by molar-refractivity contribution is -0.122. The number of halogens is 2. The predicted molar refractivity (Wildman–Crippen MR) is 108 cm³/mol. The van der Waals surface area contributed by atoms with Gasteiger partial charge < -0.3 is 5.32 Å². The number of para-hydroxylation sites is 1. The van der Waals surface area contributed by atoms with E-state index in [0.29, 0.717) is 13.0 Å². The van der Waals surface area contributed by atoms with Gasteiger partial charge >= 0.3 is 0 Å². The van der Waals surface area contributed by atoms with Crippen molar-refractivity contribution in [2.24, 2.45) is 0 Å². The van der Waals surface area contributed by atoms with E-state index in [1.54, 1.807) is 29.7 Å². The smallest absolute Gasteiger partial charge is 0.234 e. The molecular weight excluding hydrogens is 374 g/mol. The zero-order chi connectivity index (χ0) is 20.8. The molecule has 152 valence electrons. The third kappa shape index (κ3) is 5.48. The summed E-state index contributed by atoms with van der Waals surface area (Å²) in [6.45, 7) is 2.29. The molecule has 2 aromatic carbocycles. The van der Waals surface area contributed by atoms with Crippen molar-refractivity contribution >= 4 is 5.91 Å². The number of rotatable bonds is 8. The molecule has 0 saturated heterocycles. The van der Waals surface area contributed by atoms with Gasteiger partial charge in [0.05, 0.1) is 18.4 Å². The van der Waals surface area contributed by atoms with Crippen LogP contribution in [0.4, 0.5) is 8.78 Å². The number of carbonyl (C=O) groups excluding carboxylic acids is 1. The lowest BCUT2D eigenvalue weighted by atomic mass is 10.1. The molecule has 0 spiro atoms. The van der Waals surface area contributed by atoms with E-state index in [1.807, 2.05) is 36.5 Å². The Bertz CT molecular complexity index is 958. The fourth-order valence-electron chi connectivity index (χ4n) is 3.05. The van der Waals surface area contributed by atoms with Crippen LogP contribution in [-0.2, 0) is 11.2 Å². The molecular formula is C22H24F2N4O. The van der Waals surface area contributed by atoms with E-state index in [1.165, 1.54) is 6.07 Å². The van der Waals surface area contributed by atoms with Gasteiger partial charge in [-0.3, -0.25) is 9.69 Å². The molecule has 0 bridgehead atoms. The Morgan fingerprint density at radius 1 is 1.21 bits per heavy atom. The van der Waals surface area contributed by atoms with E-state index in [-0.39, 0.29) is 18.0 Å². The van der Waals surface area contributed by atoms with Crippen LogP contribution in [0.25, 0.3) is 5.69 Å². The summed E-state index contributed by atoms with van der Waals surface area (Å²) in [7, 11) is 1.71. The number of aromatic nitrogens is 2. The molecule has 7 heteroatoms. The highest BCUT2D eigenvalue weighted by atomic mass is 19.1. The maximum absolute atomic E-state index is 13.9. The summed E-state index contributed by atoms with van der Waals surface area (Å²) >= 11 is 0. The van der Waals surface area contributed by atoms with Gasteiger partial charge in [-0.05, 0) is 56.3 Å². The molecule has 1 N–H and O–H groups in total. The van der Waals surface area contributed by atoms with Gasteiger partial charge in [-0.25, -0.2) is 13.5 Å². The van der Waals surface area contributed by atoms with E-state index in [0.717, 1.165) is 23.4 Å². The number of amides is 1. The Labute approximate surface area is 169 Å². The topological polar surface area (TPSA) is 50.2 Å². The molecule has 0 aliphatic heterocycles. The summed E-state index contributed by atoms with van der Waals surface area (Å²) in [6, 6.07) is 12.7. The number of hydrogen-bond acceptors (Lipinski definition) is 3. The van der Waals surface area contributed by atoms with Gasteiger partial charge in [-0.1, -0.05) is 18.2 Å². The summed E-state index contributed by atoms with van der Waals surface area (Å²) in [5.74, 6) is -1.16. The highest BCUT2D eigenvalue weighted by Gasteiger charge is 2.18. The van der Waals surface area contributed by atoms with Crippen LogP contribution < -0.4 is 5.32 Å². The van der Waals surface area contributed by atoms with Crippen LogP contribution in [0.15, 0.2) is 60.9 Å². The maximum atomic E-state index is 13.9. The van der Waals surface area contributed by atoms with Crippen molar-refractivity contribution in [1.29, 1.82) is 0 Å². The lowest BCUT2D eigenvalue weighted by Gasteiger charge is -2.24. The van der Waals surface area contributed by atoms with Crippen molar-refractivity contribution < 1.29 is 13.6 Å². The summed E-state index contributed by atoms with van der Waals surface area (Å²) in [6.07, 6.45) is 4.36. The Balaban J connectivity index is 1.47. The molecule has 5 nitrogen and oxygen atoms in total. The van der Waals surface area contributed by atoms with Crippen molar-refractivity contribution in [3.05, 3.63) is 83.7 Å². The Hall–Kier alpha value is -3.06. The molecule has 3 rings (SSSR count). The average molecular weight is 398 g/mol. The number of carbonyl (C=O) groups is 1. The molecule has 1 amide bonds. The van der Waals surface area contributed by atoms with Gasteiger partial charge in [0.2, 0.25) is 5.91 Å². The molecule has 1 aromatic heterocycles. The number of likely N-dealkylation sites (N-methyl/N-ethyl adjacent to an activating group) is 1. The second kappa shape index (κ2) is 9.43. The fourth-order valence-corrected chi connectivity index (χ4v) is 3.05. The van der Waals surface area contributed by atoms with Crippen molar-refractivity contribution in [3.63, 3.8) is 0 Å². The molecule has 1 unspecified atom stereocenters. The van der Waals surface area contributed by atoms with Crippen LogP contribution >= 0.6 is 0 Å². The van der Waals surface area contributed by atoms with Gasteiger partial charge in [0.15, 0.2) is 0 Å². The lowest BCUT2D eigenvalue weighted by Crippen LogP contribution is -2.37. The highest BCUT2D eigenvalue weighted by Crippen LogP contribution is 2.22. The third-order valence-corrected chi connectivity index (χ3v) is 4.85. The summed E-state index contributed by atoms with van der Waals surface area (Å²) < 4.78 is 29.1. The molecule has 3 aromatic rings. The molecule has 0 aliphatic rings. The minimum Gasteiger partial charge on any atom is -0.355 e. The zero-order valence-electron chi connectivity index (χ0n) is 16.5. The van der Waals surface area contributed by atoms with E-state index in [4.69, 9.17) is 0 Å². The quantitative estimate of drug-likeness (QED) is 0.632. The first kappa shape index (κ1) is 20.7. The molecule has 0 saturated carbocycles.